The molecule has 0 rings (SSSR count). The molecule has 0 spiro atoms. The second-order valence-electron chi connectivity index (χ2n) is 2.64. The van der Waals surface area contributed by atoms with Gasteiger partial charge < -0.3 is 0 Å². The fourth-order valence-corrected chi connectivity index (χ4v) is 0.435. The predicted octanol–water partition coefficient (Wildman–Crippen LogP) is 1.74. The normalized spacial score (nSPS) is 10.6. The lowest BCUT2D eigenvalue weighted by atomic mass is 10.1. The van der Waals surface area contributed by atoms with Gasteiger partial charge in [0.05, 0.1) is 5.54 Å². The first-order valence-corrected chi connectivity index (χ1v) is 3.42. The van der Waals surface area contributed by atoms with Gasteiger partial charge in [-0.3, -0.25) is 5.32 Å². The van der Waals surface area contributed by atoms with Crippen molar-refractivity contribution in [2.75, 3.05) is 6.54 Å². The van der Waals surface area contributed by atoms with Crippen molar-refractivity contribution in [1.29, 1.82) is 0 Å². The van der Waals surface area contributed by atoms with E-state index in [4.69, 9.17) is 18.0 Å². The van der Waals surface area contributed by atoms with Crippen LogP contribution in [0.3, 0.4) is 0 Å². The molecule has 0 atom stereocenters. The summed E-state index contributed by atoms with van der Waals surface area (Å²) in [7, 11) is 0. The van der Waals surface area contributed by atoms with Crippen LogP contribution in [0.25, 0.3) is 0 Å². The summed E-state index contributed by atoms with van der Waals surface area (Å²) in [5, 5.41) is 3.61. The molecule has 0 bridgehead atoms. The Hall–Kier alpha value is -0.450. The maximum Gasteiger partial charge on any atom is 0.0744 e. The van der Waals surface area contributed by atoms with Gasteiger partial charge in [0.25, 0.3) is 0 Å². The summed E-state index contributed by atoms with van der Waals surface area (Å²) >= 11 is 5.52. The van der Waals surface area contributed by atoms with Crippen molar-refractivity contribution in [1.82, 2.24) is 5.32 Å². The number of rotatable bonds is 3. The molecule has 10 heavy (non-hydrogen) atoms. The van der Waals surface area contributed by atoms with Crippen molar-refractivity contribution in [3.05, 3.63) is 11.6 Å². The maximum absolute atomic E-state index is 5.52. The van der Waals surface area contributed by atoms with E-state index in [2.05, 4.69) is 17.8 Å². The Morgan fingerprint density at radius 3 is 2.60 bits per heavy atom. The van der Waals surface area contributed by atoms with E-state index in [1.54, 1.807) is 0 Å². The molecule has 1 nitrogen and oxygen atoms in total. The summed E-state index contributed by atoms with van der Waals surface area (Å²) in [6.07, 6.45) is 5.21. The third-order valence-corrected chi connectivity index (χ3v) is 1.22. The average Bonchev–Trinajstić information content (AvgIpc) is 1.85. The van der Waals surface area contributed by atoms with Crippen LogP contribution in [0.2, 0.25) is 0 Å². The molecule has 0 aromatic carbocycles. The van der Waals surface area contributed by atoms with Gasteiger partial charge in [-0.05, 0) is 13.8 Å². The smallest absolute Gasteiger partial charge is 0.0744 e. The highest BCUT2D eigenvalue weighted by atomic mass is 35.5. The third-order valence-electron chi connectivity index (χ3n) is 1.08. The molecule has 0 heterocycles. The van der Waals surface area contributed by atoms with Gasteiger partial charge >= 0.3 is 0 Å². The summed E-state index contributed by atoms with van der Waals surface area (Å²) < 4.78 is 0. The molecule has 0 aromatic rings. The van der Waals surface area contributed by atoms with Crippen molar-refractivity contribution >= 4 is 11.6 Å². The second-order valence-corrected chi connectivity index (χ2v) is 3.17. The van der Waals surface area contributed by atoms with Crippen molar-refractivity contribution in [3.8, 4) is 12.3 Å². The van der Waals surface area contributed by atoms with Crippen molar-refractivity contribution < 1.29 is 0 Å². The highest BCUT2D eigenvalue weighted by Crippen LogP contribution is 2.01. The monoisotopic (exact) mass is 157 g/mol. The van der Waals surface area contributed by atoms with E-state index in [0.717, 1.165) is 0 Å². The fourth-order valence-electron chi connectivity index (χ4n) is 0.368. The van der Waals surface area contributed by atoms with Crippen LogP contribution in [0.1, 0.15) is 13.8 Å². The third kappa shape index (κ3) is 4.43. The summed E-state index contributed by atoms with van der Waals surface area (Å²) in [5.41, 5.74) is -0.294. The summed E-state index contributed by atoms with van der Waals surface area (Å²) in [6.45, 7) is 7.90. The molecule has 0 fully saturated rings. The molecule has 0 aromatic heterocycles. The van der Waals surface area contributed by atoms with Gasteiger partial charge in [-0.2, -0.15) is 0 Å². The van der Waals surface area contributed by atoms with Crippen molar-refractivity contribution in [2.45, 2.75) is 19.4 Å². The predicted molar refractivity (Wildman–Crippen MR) is 45.9 cm³/mol. The molecular weight excluding hydrogens is 146 g/mol. The van der Waals surface area contributed by atoms with Gasteiger partial charge in [0.1, 0.15) is 0 Å². The Morgan fingerprint density at radius 1 is 1.80 bits per heavy atom. The lowest BCUT2D eigenvalue weighted by Crippen LogP contribution is -2.38. The molecule has 0 aliphatic carbocycles. The van der Waals surface area contributed by atoms with Crippen LogP contribution in [0.4, 0.5) is 0 Å². The molecule has 0 saturated heterocycles. The van der Waals surface area contributed by atoms with E-state index in [0.29, 0.717) is 11.6 Å². The Kier molecular flexibility index (Phi) is 3.49. The second kappa shape index (κ2) is 3.65. The first kappa shape index (κ1) is 9.55. The zero-order valence-corrected chi connectivity index (χ0v) is 7.13. The quantitative estimate of drug-likeness (QED) is 0.616. The topological polar surface area (TPSA) is 12.0 Å². The van der Waals surface area contributed by atoms with Crippen LogP contribution in [0, 0.1) is 12.3 Å². The molecular formula is C8H12ClN. The van der Waals surface area contributed by atoms with E-state index >= 15 is 0 Å². The highest BCUT2D eigenvalue weighted by molar-refractivity contribution is 6.29. The maximum atomic E-state index is 5.52. The largest absolute Gasteiger partial charge is 0.297 e. The highest BCUT2D eigenvalue weighted by Gasteiger charge is 2.11. The molecule has 56 valence electrons. The minimum absolute atomic E-state index is 0.294. The zero-order chi connectivity index (χ0) is 8.20. The van der Waals surface area contributed by atoms with Gasteiger partial charge in [0, 0.05) is 11.6 Å². The van der Waals surface area contributed by atoms with Gasteiger partial charge in [0.2, 0.25) is 0 Å². The van der Waals surface area contributed by atoms with E-state index in [1.807, 2.05) is 13.8 Å². The van der Waals surface area contributed by atoms with Crippen LogP contribution < -0.4 is 5.32 Å². The average molecular weight is 158 g/mol. The van der Waals surface area contributed by atoms with E-state index in [1.165, 1.54) is 0 Å². The van der Waals surface area contributed by atoms with E-state index in [9.17, 15) is 0 Å². The lowest BCUT2D eigenvalue weighted by Gasteiger charge is -2.18. The molecule has 0 aliphatic rings. The van der Waals surface area contributed by atoms with Gasteiger partial charge in [-0.1, -0.05) is 24.1 Å². The van der Waals surface area contributed by atoms with E-state index in [-0.39, 0.29) is 5.54 Å². The van der Waals surface area contributed by atoms with Crippen molar-refractivity contribution in [2.24, 2.45) is 0 Å². The number of hydrogen-bond donors (Lipinski definition) is 1. The standard InChI is InChI=1S/C8H12ClN/c1-5-8(3,4)10-6-7(2)9/h1,10H,2,6H2,3-4H3. The summed E-state index contributed by atoms with van der Waals surface area (Å²) in [4.78, 5) is 0. The molecule has 0 unspecified atom stereocenters. The molecule has 2 heteroatoms. The first-order chi connectivity index (χ1) is 4.48. The van der Waals surface area contributed by atoms with Crippen LogP contribution >= 0.6 is 11.6 Å². The zero-order valence-electron chi connectivity index (χ0n) is 6.37. The first-order valence-electron chi connectivity index (χ1n) is 3.04. The van der Waals surface area contributed by atoms with Crippen LogP contribution in [0.15, 0.2) is 11.6 Å². The van der Waals surface area contributed by atoms with Crippen LogP contribution in [-0.4, -0.2) is 12.1 Å². The Balaban J connectivity index is 3.71. The number of terminal acetylenes is 1. The van der Waals surface area contributed by atoms with E-state index < -0.39 is 0 Å². The number of nitrogens with one attached hydrogen (secondary N) is 1. The SMILES string of the molecule is C#CC(C)(C)NCC(=C)Cl. The summed E-state index contributed by atoms with van der Waals surface area (Å²) in [6, 6.07) is 0. The number of hydrogen-bond acceptors (Lipinski definition) is 1. The molecule has 1 N–H and O–H groups in total. The van der Waals surface area contributed by atoms with Crippen LogP contribution in [-0.2, 0) is 0 Å². The Morgan fingerprint density at radius 2 is 2.30 bits per heavy atom. The Bertz CT molecular complexity index is 165. The molecule has 0 radical (unpaired) electrons. The van der Waals surface area contributed by atoms with Crippen LogP contribution in [0.5, 0.6) is 0 Å². The molecule has 0 amide bonds. The van der Waals surface area contributed by atoms with Gasteiger partial charge in [0.15, 0.2) is 0 Å². The van der Waals surface area contributed by atoms with Gasteiger partial charge in [-0.15, -0.1) is 6.42 Å². The Labute approximate surface area is 67.5 Å². The minimum Gasteiger partial charge on any atom is -0.297 e. The molecule has 0 aliphatic heterocycles. The van der Waals surface area contributed by atoms with Gasteiger partial charge in [-0.25, -0.2) is 0 Å². The van der Waals surface area contributed by atoms with Crippen molar-refractivity contribution in [3.63, 3.8) is 0 Å². The minimum atomic E-state index is -0.294. The lowest BCUT2D eigenvalue weighted by molar-refractivity contribution is 0.521. The molecule has 0 saturated carbocycles. The summed E-state index contributed by atoms with van der Waals surface area (Å²) in [5.74, 6) is 2.59. The number of halogens is 1. The fraction of sp³-hybridized carbons (Fsp3) is 0.500.